The molecular formula is C19H21Cl2NO. The highest BCUT2D eigenvalue weighted by molar-refractivity contribution is 6.42. The van der Waals surface area contributed by atoms with Crippen LogP contribution in [0.25, 0.3) is 0 Å². The maximum atomic E-state index is 11.9. The van der Waals surface area contributed by atoms with Gasteiger partial charge in [0.25, 0.3) is 0 Å². The van der Waals surface area contributed by atoms with Crippen LogP contribution in [0.2, 0.25) is 10.0 Å². The lowest BCUT2D eigenvalue weighted by molar-refractivity contribution is -0.121. The molecule has 0 atom stereocenters. The Balaban J connectivity index is 1.66. The van der Waals surface area contributed by atoms with E-state index < -0.39 is 0 Å². The Hall–Kier alpha value is -1.51. The Labute approximate surface area is 147 Å². The van der Waals surface area contributed by atoms with Crippen molar-refractivity contribution >= 4 is 29.1 Å². The third-order valence-corrected chi connectivity index (χ3v) is 4.41. The molecule has 4 heteroatoms. The summed E-state index contributed by atoms with van der Waals surface area (Å²) in [7, 11) is 0. The molecule has 0 fully saturated rings. The molecule has 1 N–H and O–H groups in total. The molecule has 0 radical (unpaired) electrons. The van der Waals surface area contributed by atoms with E-state index in [9.17, 15) is 4.79 Å². The van der Waals surface area contributed by atoms with E-state index in [-0.39, 0.29) is 5.91 Å². The first kappa shape index (κ1) is 17.8. The van der Waals surface area contributed by atoms with Gasteiger partial charge in [0.1, 0.15) is 0 Å². The zero-order chi connectivity index (χ0) is 16.7. The van der Waals surface area contributed by atoms with Crippen molar-refractivity contribution in [2.24, 2.45) is 0 Å². The maximum Gasteiger partial charge on any atom is 0.220 e. The zero-order valence-corrected chi connectivity index (χ0v) is 14.8. The van der Waals surface area contributed by atoms with Crippen molar-refractivity contribution in [3.8, 4) is 0 Å². The van der Waals surface area contributed by atoms with E-state index in [2.05, 4.69) is 36.5 Å². The van der Waals surface area contributed by atoms with Crippen molar-refractivity contribution in [1.29, 1.82) is 0 Å². The molecule has 2 aromatic carbocycles. The summed E-state index contributed by atoms with van der Waals surface area (Å²) in [4.78, 5) is 11.9. The second kappa shape index (κ2) is 8.95. The second-order valence-corrected chi connectivity index (χ2v) is 6.51. The lowest BCUT2D eigenvalue weighted by Crippen LogP contribution is -2.24. The highest BCUT2D eigenvalue weighted by atomic mass is 35.5. The van der Waals surface area contributed by atoms with Gasteiger partial charge in [-0.3, -0.25) is 4.79 Å². The van der Waals surface area contributed by atoms with Gasteiger partial charge < -0.3 is 5.32 Å². The average molecular weight is 350 g/mol. The Morgan fingerprint density at radius 2 is 1.78 bits per heavy atom. The predicted molar refractivity (Wildman–Crippen MR) is 97.3 cm³/mol. The van der Waals surface area contributed by atoms with E-state index in [1.165, 1.54) is 11.1 Å². The summed E-state index contributed by atoms with van der Waals surface area (Å²) in [6.45, 7) is 2.79. The van der Waals surface area contributed by atoms with Gasteiger partial charge >= 0.3 is 0 Å². The van der Waals surface area contributed by atoms with E-state index in [1.54, 1.807) is 6.07 Å². The highest BCUT2D eigenvalue weighted by Gasteiger charge is 2.04. The van der Waals surface area contributed by atoms with Gasteiger partial charge in [0.05, 0.1) is 10.0 Å². The summed E-state index contributed by atoms with van der Waals surface area (Å²) in [5, 5.41) is 4.03. The minimum atomic E-state index is 0.0697. The molecule has 0 saturated carbocycles. The number of carbonyl (C=O) groups excluding carboxylic acids is 1. The minimum absolute atomic E-state index is 0.0697. The molecule has 0 aliphatic heterocycles. The maximum absolute atomic E-state index is 11.9. The molecule has 0 spiro atoms. The van der Waals surface area contributed by atoms with Crippen LogP contribution in [0.3, 0.4) is 0 Å². The van der Waals surface area contributed by atoms with Crippen molar-refractivity contribution in [3.63, 3.8) is 0 Å². The lowest BCUT2D eigenvalue weighted by atomic mass is 10.1. The molecule has 0 aromatic heterocycles. The van der Waals surface area contributed by atoms with E-state index in [0.717, 1.165) is 18.4 Å². The van der Waals surface area contributed by atoms with Gasteiger partial charge in [-0.2, -0.15) is 0 Å². The molecule has 0 saturated heterocycles. The first-order chi connectivity index (χ1) is 11.0. The number of nitrogens with one attached hydrogen (secondary N) is 1. The third kappa shape index (κ3) is 6.25. The smallest absolute Gasteiger partial charge is 0.220 e. The van der Waals surface area contributed by atoms with Gasteiger partial charge in [-0.05, 0) is 49.4 Å². The summed E-state index contributed by atoms with van der Waals surface area (Å²) >= 11 is 11.8. The van der Waals surface area contributed by atoms with Crippen molar-refractivity contribution < 1.29 is 4.79 Å². The normalized spacial score (nSPS) is 10.6. The Kier molecular flexibility index (Phi) is 6.94. The van der Waals surface area contributed by atoms with Gasteiger partial charge in [0.2, 0.25) is 5.91 Å². The molecule has 0 aliphatic carbocycles. The topological polar surface area (TPSA) is 29.1 Å². The number of hydrogen-bond acceptors (Lipinski definition) is 1. The first-order valence-corrected chi connectivity index (χ1v) is 8.56. The summed E-state index contributed by atoms with van der Waals surface area (Å²) in [6, 6.07) is 14.0. The minimum Gasteiger partial charge on any atom is -0.356 e. The Morgan fingerprint density at radius 3 is 2.52 bits per heavy atom. The van der Waals surface area contributed by atoms with Crippen LogP contribution in [0.5, 0.6) is 0 Å². The van der Waals surface area contributed by atoms with Gasteiger partial charge in [-0.1, -0.05) is 59.1 Å². The lowest BCUT2D eigenvalue weighted by Gasteiger charge is -2.07. The van der Waals surface area contributed by atoms with Crippen LogP contribution in [0, 0.1) is 6.92 Å². The molecule has 0 aliphatic rings. The summed E-state index contributed by atoms with van der Waals surface area (Å²) in [5.74, 6) is 0.0697. The number of amides is 1. The molecule has 2 aromatic rings. The average Bonchev–Trinajstić information content (AvgIpc) is 2.53. The third-order valence-electron chi connectivity index (χ3n) is 3.67. The zero-order valence-electron chi connectivity index (χ0n) is 13.2. The number of aryl methyl sites for hydroxylation is 3. The van der Waals surface area contributed by atoms with Crippen LogP contribution >= 0.6 is 23.2 Å². The van der Waals surface area contributed by atoms with Gasteiger partial charge in [-0.15, -0.1) is 0 Å². The first-order valence-electron chi connectivity index (χ1n) is 7.81. The SMILES string of the molecule is Cc1cccc(CCCNC(=O)CCc2ccc(Cl)c(Cl)c2)c1. The summed E-state index contributed by atoms with van der Waals surface area (Å²) < 4.78 is 0. The van der Waals surface area contributed by atoms with Crippen LogP contribution in [0.1, 0.15) is 29.5 Å². The molecule has 1 amide bonds. The van der Waals surface area contributed by atoms with E-state index >= 15 is 0 Å². The summed E-state index contributed by atoms with van der Waals surface area (Å²) in [5.41, 5.74) is 3.61. The quantitative estimate of drug-likeness (QED) is 0.701. The van der Waals surface area contributed by atoms with Crippen LogP contribution < -0.4 is 5.32 Å². The summed E-state index contributed by atoms with van der Waals surface area (Å²) in [6.07, 6.45) is 3.06. The predicted octanol–water partition coefficient (Wildman–Crippen LogP) is 4.98. The Morgan fingerprint density at radius 1 is 1.00 bits per heavy atom. The van der Waals surface area contributed by atoms with Crippen molar-refractivity contribution in [2.75, 3.05) is 6.54 Å². The fourth-order valence-electron chi connectivity index (χ4n) is 2.43. The monoisotopic (exact) mass is 349 g/mol. The fourth-order valence-corrected chi connectivity index (χ4v) is 2.75. The molecule has 2 rings (SSSR count). The molecule has 0 unspecified atom stereocenters. The van der Waals surface area contributed by atoms with Crippen molar-refractivity contribution in [2.45, 2.75) is 32.6 Å². The molecule has 23 heavy (non-hydrogen) atoms. The van der Waals surface area contributed by atoms with Crippen molar-refractivity contribution in [1.82, 2.24) is 5.32 Å². The highest BCUT2D eigenvalue weighted by Crippen LogP contribution is 2.23. The standard InChI is InChI=1S/C19H21Cl2NO/c1-14-4-2-5-15(12-14)6-3-11-22-19(23)10-8-16-7-9-17(20)18(21)13-16/h2,4-5,7,9,12-13H,3,6,8,10-11H2,1H3,(H,22,23). The van der Waals surface area contributed by atoms with Gasteiger partial charge in [0, 0.05) is 13.0 Å². The Bertz CT molecular complexity index is 670. The molecule has 122 valence electrons. The van der Waals surface area contributed by atoms with Crippen LogP contribution in [-0.2, 0) is 17.6 Å². The van der Waals surface area contributed by atoms with E-state index in [0.29, 0.717) is 29.4 Å². The number of carbonyl (C=O) groups is 1. The van der Waals surface area contributed by atoms with Gasteiger partial charge in [-0.25, -0.2) is 0 Å². The number of halogens is 2. The second-order valence-electron chi connectivity index (χ2n) is 5.69. The number of benzene rings is 2. The molecule has 2 nitrogen and oxygen atoms in total. The van der Waals surface area contributed by atoms with E-state index in [4.69, 9.17) is 23.2 Å². The van der Waals surface area contributed by atoms with Crippen LogP contribution in [-0.4, -0.2) is 12.5 Å². The van der Waals surface area contributed by atoms with Crippen LogP contribution in [0.4, 0.5) is 0 Å². The van der Waals surface area contributed by atoms with Gasteiger partial charge in [0.15, 0.2) is 0 Å². The molecular weight excluding hydrogens is 329 g/mol. The van der Waals surface area contributed by atoms with Crippen molar-refractivity contribution in [3.05, 3.63) is 69.2 Å². The molecule has 0 bridgehead atoms. The largest absolute Gasteiger partial charge is 0.356 e. The van der Waals surface area contributed by atoms with Crippen LogP contribution in [0.15, 0.2) is 42.5 Å². The van der Waals surface area contributed by atoms with E-state index in [1.807, 2.05) is 12.1 Å². The fraction of sp³-hybridized carbons (Fsp3) is 0.316. The molecule has 0 heterocycles. The number of hydrogen-bond donors (Lipinski definition) is 1. The number of rotatable bonds is 7.